The van der Waals surface area contributed by atoms with Crippen molar-refractivity contribution in [1.82, 2.24) is 19.9 Å². The minimum Gasteiger partial charge on any atom is -0.354 e. The van der Waals surface area contributed by atoms with E-state index in [1.54, 1.807) is 0 Å². The van der Waals surface area contributed by atoms with Crippen LogP contribution < -0.4 is 10.6 Å². The first-order valence-electron chi connectivity index (χ1n) is 7.36. The number of nitrogens with zero attached hydrogens (tertiary/aromatic N) is 4. The summed E-state index contributed by atoms with van der Waals surface area (Å²) < 4.78 is 0. The molecule has 0 spiro atoms. The van der Waals surface area contributed by atoms with E-state index in [4.69, 9.17) is 11.6 Å². The third-order valence-corrected chi connectivity index (χ3v) is 3.44. The zero-order valence-electron chi connectivity index (χ0n) is 12.2. The lowest BCUT2D eigenvalue weighted by Gasteiger charge is -2.26. The highest BCUT2D eigenvalue weighted by Crippen LogP contribution is 2.11. The lowest BCUT2D eigenvalue weighted by atomic mass is 10.1. The van der Waals surface area contributed by atoms with E-state index < -0.39 is 0 Å². The Labute approximate surface area is 129 Å². The third-order valence-electron chi connectivity index (χ3n) is 3.27. The predicted molar refractivity (Wildman–Crippen MR) is 82.5 cm³/mol. The van der Waals surface area contributed by atoms with Gasteiger partial charge in [-0.25, -0.2) is 0 Å². The fraction of sp³-hybridized carbons (Fsp3) is 0.692. The molecule has 1 saturated heterocycles. The smallest absolute Gasteiger partial charge is 0.228 e. The molecule has 0 saturated carbocycles. The molecular weight excluding hydrogens is 292 g/mol. The fourth-order valence-electron chi connectivity index (χ4n) is 2.25. The minimum absolute atomic E-state index is 0.130. The summed E-state index contributed by atoms with van der Waals surface area (Å²) in [7, 11) is 0. The van der Waals surface area contributed by atoms with Crippen LogP contribution in [0, 0.1) is 0 Å². The summed E-state index contributed by atoms with van der Waals surface area (Å²) >= 11 is 5.83. The zero-order valence-corrected chi connectivity index (χ0v) is 13.0. The van der Waals surface area contributed by atoms with Crippen molar-refractivity contribution in [1.29, 1.82) is 0 Å². The number of nitrogens with one attached hydrogen (secondary N) is 2. The van der Waals surface area contributed by atoms with E-state index in [1.165, 1.54) is 6.42 Å². The highest BCUT2D eigenvalue weighted by molar-refractivity contribution is 6.28. The maximum atomic E-state index is 12.0. The predicted octanol–water partition coefficient (Wildman–Crippen LogP) is 1.77. The Morgan fingerprint density at radius 3 is 2.48 bits per heavy atom. The molecular formula is C13H21ClN6O. The second kappa shape index (κ2) is 7.97. The average molecular weight is 313 g/mol. The summed E-state index contributed by atoms with van der Waals surface area (Å²) in [5, 5.41) is 6.13. The maximum absolute atomic E-state index is 12.0. The van der Waals surface area contributed by atoms with Crippen molar-refractivity contribution in [2.45, 2.75) is 32.6 Å². The van der Waals surface area contributed by atoms with Gasteiger partial charge in [-0.15, -0.1) is 0 Å². The second-order valence-corrected chi connectivity index (χ2v) is 5.24. The van der Waals surface area contributed by atoms with Crippen molar-refractivity contribution in [3.8, 4) is 0 Å². The van der Waals surface area contributed by atoms with Crippen LogP contribution in [0.2, 0.25) is 5.28 Å². The van der Waals surface area contributed by atoms with Crippen LogP contribution in [-0.4, -0.2) is 51.9 Å². The molecule has 7 nitrogen and oxygen atoms in total. The Kier molecular flexibility index (Phi) is 5.98. The first kappa shape index (κ1) is 15.8. The zero-order chi connectivity index (χ0) is 15.1. The molecule has 1 aliphatic rings. The van der Waals surface area contributed by atoms with Crippen molar-refractivity contribution < 1.29 is 4.79 Å². The number of carbonyl (C=O) groups excluding carboxylic acids is 1. The van der Waals surface area contributed by atoms with Crippen LogP contribution in [0.4, 0.5) is 11.9 Å². The minimum atomic E-state index is 0.130. The Hall–Kier alpha value is -1.63. The summed E-state index contributed by atoms with van der Waals surface area (Å²) in [6.07, 6.45) is 3.86. The normalized spacial score (nSPS) is 14.9. The van der Waals surface area contributed by atoms with E-state index in [0.717, 1.165) is 25.9 Å². The molecule has 2 rings (SSSR count). The van der Waals surface area contributed by atoms with Crippen molar-refractivity contribution >= 4 is 29.4 Å². The van der Waals surface area contributed by atoms with Crippen LogP contribution in [0.15, 0.2) is 0 Å². The fourth-order valence-corrected chi connectivity index (χ4v) is 2.41. The molecule has 2 heterocycles. The summed E-state index contributed by atoms with van der Waals surface area (Å²) in [5.41, 5.74) is 0. The van der Waals surface area contributed by atoms with Gasteiger partial charge in [0.15, 0.2) is 0 Å². The molecule has 0 aromatic carbocycles. The average Bonchev–Trinajstić information content (AvgIpc) is 2.48. The monoisotopic (exact) mass is 312 g/mol. The van der Waals surface area contributed by atoms with E-state index in [0.29, 0.717) is 31.4 Å². The first-order chi connectivity index (χ1) is 10.2. The van der Waals surface area contributed by atoms with Gasteiger partial charge < -0.3 is 15.5 Å². The van der Waals surface area contributed by atoms with Crippen LogP contribution in [0.3, 0.4) is 0 Å². The van der Waals surface area contributed by atoms with E-state index in [9.17, 15) is 4.79 Å². The Bertz CT molecular complexity index is 478. The van der Waals surface area contributed by atoms with Gasteiger partial charge in [-0.3, -0.25) is 4.79 Å². The summed E-state index contributed by atoms with van der Waals surface area (Å²) in [4.78, 5) is 26.1. The number of hydrogen-bond acceptors (Lipinski definition) is 6. The molecule has 0 unspecified atom stereocenters. The van der Waals surface area contributed by atoms with Crippen LogP contribution in [0.1, 0.15) is 32.6 Å². The lowest BCUT2D eigenvalue weighted by molar-refractivity contribution is -0.131. The first-order valence-corrected chi connectivity index (χ1v) is 7.74. The van der Waals surface area contributed by atoms with Crippen LogP contribution in [-0.2, 0) is 4.79 Å². The molecule has 2 N–H and O–H groups in total. The highest BCUT2D eigenvalue weighted by Gasteiger charge is 2.15. The molecule has 0 bridgehead atoms. The molecule has 1 fully saturated rings. The molecule has 8 heteroatoms. The number of likely N-dealkylation sites (tertiary alicyclic amines) is 1. The van der Waals surface area contributed by atoms with Crippen LogP contribution in [0.25, 0.3) is 0 Å². The summed E-state index contributed by atoms with van der Waals surface area (Å²) in [5.74, 6) is 0.994. The van der Waals surface area contributed by atoms with Crippen LogP contribution >= 0.6 is 11.6 Å². The van der Waals surface area contributed by atoms with Gasteiger partial charge in [0, 0.05) is 32.6 Å². The van der Waals surface area contributed by atoms with Gasteiger partial charge in [-0.05, 0) is 37.8 Å². The molecule has 1 aromatic rings. The van der Waals surface area contributed by atoms with Gasteiger partial charge in [0.1, 0.15) is 0 Å². The molecule has 0 radical (unpaired) electrons. The molecule has 1 amide bonds. The SMILES string of the molecule is CCNc1nc(Cl)nc(NCCC(=O)N2CCCCC2)n1. The third kappa shape index (κ3) is 5.00. The van der Waals surface area contributed by atoms with Crippen molar-refractivity contribution in [3.05, 3.63) is 5.28 Å². The number of halogens is 1. The van der Waals surface area contributed by atoms with Gasteiger partial charge in [0.05, 0.1) is 0 Å². The highest BCUT2D eigenvalue weighted by atomic mass is 35.5. The molecule has 116 valence electrons. The van der Waals surface area contributed by atoms with Crippen molar-refractivity contribution in [3.63, 3.8) is 0 Å². The summed E-state index contributed by atoms with van der Waals surface area (Å²) in [6.45, 7) is 4.89. The maximum Gasteiger partial charge on any atom is 0.228 e. The molecule has 0 aliphatic carbocycles. The van der Waals surface area contributed by atoms with Gasteiger partial charge in [-0.1, -0.05) is 0 Å². The number of hydrogen-bond donors (Lipinski definition) is 2. The molecule has 1 aliphatic heterocycles. The van der Waals surface area contributed by atoms with Gasteiger partial charge in [0.2, 0.25) is 23.1 Å². The van der Waals surface area contributed by atoms with Gasteiger partial charge in [-0.2, -0.15) is 15.0 Å². The molecule has 1 aromatic heterocycles. The Balaban J connectivity index is 1.81. The molecule has 21 heavy (non-hydrogen) atoms. The van der Waals surface area contributed by atoms with Crippen molar-refractivity contribution in [2.75, 3.05) is 36.8 Å². The number of aromatic nitrogens is 3. The quantitative estimate of drug-likeness (QED) is 0.833. The second-order valence-electron chi connectivity index (χ2n) is 4.90. The van der Waals surface area contributed by atoms with E-state index in [-0.39, 0.29) is 11.2 Å². The van der Waals surface area contributed by atoms with E-state index >= 15 is 0 Å². The molecule has 0 atom stereocenters. The van der Waals surface area contributed by atoms with E-state index in [1.807, 2.05) is 11.8 Å². The number of anilines is 2. The van der Waals surface area contributed by atoms with Crippen LogP contribution in [0.5, 0.6) is 0 Å². The Morgan fingerprint density at radius 1 is 1.14 bits per heavy atom. The number of rotatable bonds is 6. The lowest BCUT2D eigenvalue weighted by Crippen LogP contribution is -2.36. The largest absolute Gasteiger partial charge is 0.354 e. The van der Waals surface area contributed by atoms with Gasteiger partial charge in [0.25, 0.3) is 0 Å². The van der Waals surface area contributed by atoms with Crippen molar-refractivity contribution in [2.24, 2.45) is 0 Å². The summed E-state index contributed by atoms with van der Waals surface area (Å²) in [6, 6.07) is 0. The topological polar surface area (TPSA) is 83.0 Å². The standard InChI is InChI=1S/C13H21ClN6O/c1-2-15-12-17-11(14)18-13(19-12)16-7-6-10(21)20-8-4-3-5-9-20/h2-9H2,1H3,(H2,15,16,17,18,19). The van der Waals surface area contributed by atoms with E-state index in [2.05, 4.69) is 25.6 Å². The van der Waals surface area contributed by atoms with Gasteiger partial charge >= 0.3 is 0 Å². The number of piperidine rings is 1. The Morgan fingerprint density at radius 2 is 1.81 bits per heavy atom. The number of carbonyl (C=O) groups is 1. The number of amides is 1.